The minimum absolute atomic E-state index is 0.205. The number of carbonyl (C=O) groups excluding carboxylic acids is 3. The molecule has 0 bridgehead atoms. The van der Waals surface area contributed by atoms with Gasteiger partial charge in [-0.3, -0.25) is 14.5 Å². The van der Waals surface area contributed by atoms with Gasteiger partial charge in [0.25, 0.3) is 11.1 Å². The van der Waals surface area contributed by atoms with Crippen LogP contribution >= 0.6 is 23.5 Å². The topological polar surface area (TPSA) is 76.8 Å². The number of furan rings is 1. The summed E-state index contributed by atoms with van der Waals surface area (Å²) < 4.78 is 10.3. The fraction of sp³-hybridized carbons (Fsp3) is 0.167. The van der Waals surface area contributed by atoms with Gasteiger partial charge in [0.1, 0.15) is 11.8 Å². The van der Waals surface area contributed by atoms with E-state index in [9.17, 15) is 14.4 Å². The summed E-state index contributed by atoms with van der Waals surface area (Å²) in [5.41, 5.74) is 0. The number of amides is 2. The average Bonchev–Trinajstić information content (AvgIpc) is 3.19. The minimum atomic E-state index is -0.973. The van der Waals surface area contributed by atoms with Crippen LogP contribution in [0, 0.1) is 0 Å². The van der Waals surface area contributed by atoms with Gasteiger partial charge in [-0.15, -0.1) is 0 Å². The largest absolute Gasteiger partial charge is 0.467 e. The van der Waals surface area contributed by atoms with Gasteiger partial charge in [-0.05, 0) is 43.0 Å². The van der Waals surface area contributed by atoms with Crippen LogP contribution in [0.2, 0.25) is 0 Å². The van der Waals surface area contributed by atoms with E-state index in [4.69, 9.17) is 4.42 Å². The van der Waals surface area contributed by atoms with Crippen LogP contribution in [0.3, 0.4) is 0 Å². The molecule has 0 saturated carbocycles. The average molecular weight is 389 g/mol. The minimum Gasteiger partial charge on any atom is -0.467 e. The molecule has 0 aliphatic carbocycles. The Hall–Kier alpha value is -2.45. The smallest absolute Gasteiger partial charge is 0.328 e. The molecule has 134 valence electrons. The van der Waals surface area contributed by atoms with E-state index in [0.29, 0.717) is 10.9 Å². The number of ether oxygens (including phenoxy) is 1. The molecule has 0 radical (unpaired) electrons. The molecular weight excluding hydrogens is 374 g/mol. The summed E-state index contributed by atoms with van der Waals surface area (Å²) in [4.78, 5) is 38.3. The summed E-state index contributed by atoms with van der Waals surface area (Å²) in [5.74, 6) is -0.723. The van der Waals surface area contributed by atoms with Gasteiger partial charge in [-0.1, -0.05) is 30.0 Å². The highest BCUT2D eigenvalue weighted by Gasteiger charge is 2.41. The zero-order valence-corrected chi connectivity index (χ0v) is 15.6. The number of thioether (sulfide) groups is 1. The van der Waals surface area contributed by atoms with E-state index in [1.54, 1.807) is 12.1 Å². The normalized spacial score (nSPS) is 17.0. The molecule has 1 aromatic heterocycles. The number of imide groups is 1. The van der Waals surface area contributed by atoms with Gasteiger partial charge in [0.15, 0.2) is 5.09 Å². The van der Waals surface area contributed by atoms with Crippen molar-refractivity contribution in [1.29, 1.82) is 0 Å². The standard InChI is InChI=1S/C18H15NO5S2/c1-11(17(21)23-2)19-16(20)14(26-18(19)22)10-12-8-9-15(24-12)25-13-6-4-3-5-7-13/h3-11H,1-2H3/b14-10+/t11-/m1/s1. The number of esters is 1. The maximum atomic E-state index is 12.4. The quantitative estimate of drug-likeness (QED) is 0.564. The van der Waals surface area contributed by atoms with Crippen molar-refractivity contribution in [3.8, 4) is 0 Å². The Kier molecular flexibility index (Phi) is 5.53. The van der Waals surface area contributed by atoms with Gasteiger partial charge >= 0.3 is 5.97 Å². The fourth-order valence-electron chi connectivity index (χ4n) is 2.29. The first-order valence-electron chi connectivity index (χ1n) is 7.67. The number of hydrogen-bond acceptors (Lipinski definition) is 7. The van der Waals surface area contributed by atoms with Crippen molar-refractivity contribution < 1.29 is 23.5 Å². The van der Waals surface area contributed by atoms with Gasteiger partial charge in [0.2, 0.25) is 0 Å². The maximum absolute atomic E-state index is 12.4. The third-order valence-corrected chi connectivity index (χ3v) is 5.40. The zero-order chi connectivity index (χ0) is 18.7. The Bertz CT molecular complexity index is 875. The van der Waals surface area contributed by atoms with Crippen LogP contribution in [-0.4, -0.2) is 35.2 Å². The van der Waals surface area contributed by atoms with Crippen molar-refractivity contribution in [2.24, 2.45) is 0 Å². The van der Waals surface area contributed by atoms with Crippen molar-refractivity contribution in [1.82, 2.24) is 4.90 Å². The van der Waals surface area contributed by atoms with Crippen LogP contribution in [0.25, 0.3) is 6.08 Å². The van der Waals surface area contributed by atoms with Gasteiger partial charge in [-0.25, -0.2) is 4.79 Å². The number of rotatable bonds is 5. The molecule has 2 amide bonds. The van der Waals surface area contributed by atoms with E-state index < -0.39 is 23.2 Å². The Morgan fingerprint density at radius 3 is 2.65 bits per heavy atom. The van der Waals surface area contributed by atoms with Gasteiger partial charge < -0.3 is 9.15 Å². The fourth-order valence-corrected chi connectivity index (χ4v) is 3.98. The molecule has 3 rings (SSSR count). The van der Waals surface area contributed by atoms with Gasteiger partial charge in [0, 0.05) is 11.0 Å². The van der Waals surface area contributed by atoms with E-state index in [0.717, 1.165) is 21.6 Å². The van der Waals surface area contributed by atoms with E-state index in [1.807, 2.05) is 30.3 Å². The van der Waals surface area contributed by atoms with Crippen LogP contribution in [0.15, 0.2) is 61.8 Å². The number of methoxy groups -OCH3 is 1. The molecule has 0 spiro atoms. The molecule has 1 atom stereocenters. The van der Waals surface area contributed by atoms with E-state index in [-0.39, 0.29) is 4.91 Å². The first-order valence-corrected chi connectivity index (χ1v) is 9.30. The molecule has 2 aromatic rings. The summed E-state index contributed by atoms with van der Waals surface area (Å²) in [6.45, 7) is 1.45. The van der Waals surface area contributed by atoms with Crippen LogP contribution in [0.5, 0.6) is 0 Å². The molecule has 1 aliphatic rings. The van der Waals surface area contributed by atoms with Crippen molar-refractivity contribution in [2.75, 3.05) is 7.11 Å². The third kappa shape index (κ3) is 3.86. The van der Waals surface area contributed by atoms with Crippen molar-refractivity contribution in [3.63, 3.8) is 0 Å². The lowest BCUT2D eigenvalue weighted by Gasteiger charge is -2.18. The molecule has 0 unspecified atom stereocenters. The molecule has 1 aromatic carbocycles. The highest BCUT2D eigenvalue weighted by molar-refractivity contribution is 8.18. The predicted octanol–water partition coefficient (Wildman–Crippen LogP) is 4.03. The molecule has 1 fully saturated rings. The molecule has 1 saturated heterocycles. The Balaban J connectivity index is 1.75. The van der Waals surface area contributed by atoms with E-state index in [2.05, 4.69) is 4.74 Å². The molecule has 8 heteroatoms. The summed E-state index contributed by atoms with van der Waals surface area (Å²) in [6, 6.07) is 12.3. The lowest BCUT2D eigenvalue weighted by atomic mass is 10.3. The second-order valence-electron chi connectivity index (χ2n) is 5.32. The van der Waals surface area contributed by atoms with Crippen molar-refractivity contribution in [3.05, 3.63) is 53.1 Å². The van der Waals surface area contributed by atoms with Crippen LogP contribution in [-0.2, 0) is 14.3 Å². The van der Waals surface area contributed by atoms with Crippen LogP contribution < -0.4 is 0 Å². The highest BCUT2D eigenvalue weighted by Crippen LogP contribution is 2.35. The summed E-state index contributed by atoms with van der Waals surface area (Å²) in [6.07, 6.45) is 1.50. The second-order valence-corrected chi connectivity index (χ2v) is 7.39. The van der Waals surface area contributed by atoms with Gasteiger partial charge in [0.05, 0.1) is 12.0 Å². The molecule has 26 heavy (non-hydrogen) atoms. The van der Waals surface area contributed by atoms with Gasteiger partial charge in [-0.2, -0.15) is 0 Å². The number of nitrogens with zero attached hydrogens (tertiary/aromatic N) is 1. The number of benzene rings is 1. The van der Waals surface area contributed by atoms with Crippen LogP contribution in [0.4, 0.5) is 4.79 Å². The zero-order valence-electron chi connectivity index (χ0n) is 14.0. The monoisotopic (exact) mass is 389 g/mol. The second kappa shape index (κ2) is 7.84. The summed E-state index contributed by atoms with van der Waals surface area (Å²) in [7, 11) is 1.21. The SMILES string of the molecule is COC(=O)[C@@H](C)N1C(=O)S/C(=C/c2ccc(Sc3ccccc3)o2)C1=O. The molecule has 2 heterocycles. The van der Waals surface area contributed by atoms with Crippen molar-refractivity contribution in [2.45, 2.75) is 23.0 Å². The first-order chi connectivity index (χ1) is 12.5. The lowest BCUT2D eigenvalue weighted by molar-refractivity contribution is -0.148. The maximum Gasteiger partial charge on any atom is 0.328 e. The Morgan fingerprint density at radius 2 is 1.96 bits per heavy atom. The summed E-state index contributed by atoms with van der Waals surface area (Å²) in [5, 5.41) is 0.161. The number of hydrogen-bond donors (Lipinski definition) is 0. The van der Waals surface area contributed by atoms with E-state index >= 15 is 0 Å². The molecule has 1 aliphatic heterocycles. The highest BCUT2D eigenvalue weighted by atomic mass is 32.2. The van der Waals surface area contributed by atoms with E-state index in [1.165, 1.54) is 31.9 Å². The Morgan fingerprint density at radius 1 is 1.23 bits per heavy atom. The predicted molar refractivity (Wildman–Crippen MR) is 98.6 cm³/mol. The molecular formula is C18H15NO5S2. The third-order valence-electron chi connectivity index (χ3n) is 3.59. The molecule has 0 N–H and O–H groups in total. The molecule has 6 nitrogen and oxygen atoms in total. The lowest BCUT2D eigenvalue weighted by Crippen LogP contribution is -2.42. The summed E-state index contributed by atoms with van der Waals surface area (Å²) >= 11 is 2.22. The first kappa shape index (κ1) is 18.3. The number of carbonyl (C=O) groups is 3. The Labute approximate surface area is 158 Å². The van der Waals surface area contributed by atoms with Crippen LogP contribution in [0.1, 0.15) is 12.7 Å². The van der Waals surface area contributed by atoms with Crippen molar-refractivity contribution >= 4 is 46.7 Å².